The van der Waals surface area contributed by atoms with Gasteiger partial charge in [-0.3, -0.25) is 9.59 Å². The van der Waals surface area contributed by atoms with Gasteiger partial charge in [0.25, 0.3) is 0 Å². The highest BCUT2D eigenvalue weighted by atomic mass is 16.3. The summed E-state index contributed by atoms with van der Waals surface area (Å²) in [4.78, 5) is 23.7. The fourth-order valence-electron chi connectivity index (χ4n) is 3.07. The number of aliphatic hydroxyl groups is 1. The Balaban J connectivity index is 2.64. The summed E-state index contributed by atoms with van der Waals surface area (Å²) in [6.45, 7) is 5.60. The van der Waals surface area contributed by atoms with Crippen molar-refractivity contribution >= 4 is 11.8 Å². The average Bonchev–Trinajstić information content (AvgIpc) is 2.27. The van der Waals surface area contributed by atoms with Crippen LogP contribution in [0.5, 0.6) is 0 Å². The smallest absolute Gasteiger partial charge is 0.242 e. The van der Waals surface area contributed by atoms with Crippen LogP contribution in [0.4, 0.5) is 0 Å². The maximum atomic E-state index is 12.1. The Morgan fingerprint density at radius 1 is 1.30 bits per heavy atom. The monoisotopic (exact) mass is 284 g/mol. The van der Waals surface area contributed by atoms with Gasteiger partial charge in [0.1, 0.15) is 5.54 Å². The number of nitrogens with one attached hydrogen (secondary N) is 1. The molecule has 0 aromatic heterocycles. The molecule has 1 fully saturated rings. The molecule has 0 bridgehead atoms. The van der Waals surface area contributed by atoms with E-state index in [1.165, 1.54) is 0 Å². The first-order valence-electron chi connectivity index (χ1n) is 7.50. The van der Waals surface area contributed by atoms with E-state index in [2.05, 4.69) is 5.32 Å². The molecule has 1 aliphatic carbocycles. The zero-order chi connectivity index (χ0) is 15.4. The zero-order valence-electron chi connectivity index (χ0n) is 12.9. The van der Waals surface area contributed by atoms with E-state index in [9.17, 15) is 14.7 Å². The summed E-state index contributed by atoms with van der Waals surface area (Å²) in [6.07, 6.45) is 4.85. The van der Waals surface area contributed by atoms with E-state index in [1.54, 1.807) is 6.92 Å². The number of nitrogens with two attached hydrogens (primary N) is 1. The number of amides is 2. The molecule has 0 aromatic rings. The lowest BCUT2D eigenvalue weighted by molar-refractivity contribution is -0.135. The first-order chi connectivity index (χ1) is 9.17. The average molecular weight is 284 g/mol. The van der Waals surface area contributed by atoms with Crippen molar-refractivity contribution in [2.45, 2.75) is 76.9 Å². The molecule has 5 nitrogen and oxygen atoms in total. The molecule has 2 amide bonds. The number of carbonyl (C=O) groups is 2. The number of hydrogen-bond donors (Lipinski definition) is 3. The largest absolute Gasteiger partial charge is 0.389 e. The number of rotatable bonds is 6. The molecule has 0 heterocycles. The van der Waals surface area contributed by atoms with Gasteiger partial charge in [-0.25, -0.2) is 0 Å². The van der Waals surface area contributed by atoms with Crippen LogP contribution in [0.15, 0.2) is 0 Å². The van der Waals surface area contributed by atoms with Gasteiger partial charge in [-0.15, -0.1) is 0 Å². The molecule has 116 valence electrons. The first-order valence-corrected chi connectivity index (χ1v) is 7.50. The minimum atomic E-state index is -1.05. The van der Waals surface area contributed by atoms with Crippen molar-refractivity contribution < 1.29 is 14.7 Å². The Morgan fingerprint density at radius 3 is 2.30 bits per heavy atom. The lowest BCUT2D eigenvalue weighted by atomic mass is 9.82. The van der Waals surface area contributed by atoms with Gasteiger partial charge in [-0.05, 0) is 32.1 Å². The van der Waals surface area contributed by atoms with E-state index in [1.807, 2.05) is 13.8 Å². The maximum Gasteiger partial charge on any atom is 0.242 e. The molecule has 5 heteroatoms. The molecule has 1 unspecified atom stereocenters. The summed E-state index contributed by atoms with van der Waals surface area (Å²) >= 11 is 0. The van der Waals surface area contributed by atoms with Crippen molar-refractivity contribution in [1.29, 1.82) is 0 Å². The van der Waals surface area contributed by atoms with Crippen LogP contribution in [-0.2, 0) is 9.59 Å². The fraction of sp³-hybridized carbons (Fsp3) is 0.867. The molecule has 1 rings (SSSR count). The van der Waals surface area contributed by atoms with Crippen LogP contribution in [0, 0.1) is 5.92 Å². The molecule has 1 aliphatic rings. The van der Waals surface area contributed by atoms with E-state index < -0.39 is 17.0 Å². The Hall–Kier alpha value is -1.10. The first kappa shape index (κ1) is 17.0. The minimum absolute atomic E-state index is 0.0496. The summed E-state index contributed by atoms with van der Waals surface area (Å²) in [7, 11) is 0. The molecule has 20 heavy (non-hydrogen) atoms. The van der Waals surface area contributed by atoms with Gasteiger partial charge in [0.05, 0.1) is 12.0 Å². The van der Waals surface area contributed by atoms with Crippen molar-refractivity contribution in [3.05, 3.63) is 0 Å². The van der Waals surface area contributed by atoms with Crippen LogP contribution in [0.2, 0.25) is 0 Å². The Bertz CT molecular complexity index is 362. The van der Waals surface area contributed by atoms with Crippen LogP contribution in [0.1, 0.15) is 65.7 Å². The fourth-order valence-corrected chi connectivity index (χ4v) is 3.07. The minimum Gasteiger partial charge on any atom is -0.389 e. The molecule has 0 aliphatic heterocycles. The van der Waals surface area contributed by atoms with E-state index in [0.29, 0.717) is 19.3 Å². The summed E-state index contributed by atoms with van der Waals surface area (Å²) in [5.41, 5.74) is 3.45. The highest BCUT2D eigenvalue weighted by Gasteiger charge is 2.37. The van der Waals surface area contributed by atoms with Crippen LogP contribution >= 0.6 is 0 Å². The van der Waals surface area contributed by atoms with Crippen molar-refractivity contribution in [2.24, 2.45) is 11.7 Å². The topological polar surface area (TPSA) is 92.4 Å². The Labute approximate surface area is 121 Å². The molecule has 1 atom stereocenters. The quantitative estimate of drug-likeness (QED) is 0.689. The van der Waals surface area contributed by atoms with Gasteiger partial charge in [-0.2, -0.15) is 0 Å². The predicted octanol–water partition coefficient (Wildman–Crippen LogP) is 1.48. The summed E-state index contributed by atoms with van der Waals surface area (Å²) < 4.78 is 0. The number of hydrogen-bond acceptors (Lipinski definition) is 3. The third-order valence-corrected chi connectivity index (χ3v) is 4.05. The van der Waals surface area contributed by atoms with Gasteiger partial charge < -0.3 is 16.2 Å². The van der Waals surface area contributed by atoms with Crippen molar-refractivity contribution in [1.82, 2.24) is 5.32 Å². The highest BCUT2D eigenvalue weighted by molar-refractivity contribution is 5.90. The molecule has 0 saturated heterocycles. The van der Waals surface area contributed by atoms with Crippen molar-refractivity contribution in [3.63, 3.8) is 0 Å². The normalized spacial score (nSPS) is 21.2. The maximum absolute atomic E-state index is 12.1. The van der Waals surface area contributed by atoms with Gasteiger partial charge in [0.15, 0.2) is 0 Å². The third kappa shape index (κ3) is 4.78. The second-order valence-corrected chi connectivity index (χ2v) is 6.80. The molecule has 0 radical (unpaired) electrons. The van der Waals surface area contributed by atoms with Crippen LogP contribution in [0.3, 0.4) is 0 Å². The summed E-state index contributed by atoms with van der Waals surface area (Å²) in [5.74, 6) is -0.586. The SMILES string of the molecule is CC(C)CC(C)(NC(=O)CC1(O)CCCCC1)C(N)=O. The lowest BCUT2D eigenvalue weighted by Gasteiger charge is -2.34. The van der Waals surface area contributed by atoms with Crippen LogP contribution < -0.4 is 11.1 Å². The predicted molar refractivity (Wildman–Crippen MR) is 77.8 cm³/mol. The third-order valence-electron chi connectivity index (χ3n) is 4.05. The summed E-state index contributed by atoms with van der Waals surface area (Å²) in [6, 6.07) is 0. The zero-order valence-corrected chi connectivity index (χ0v) is 12.9. The van der Waals surface area contributed by atoms with Gasteiger partial charge >= 0.3 is 0 Å². The summed E-state index contributed by atoms with van der Waals surface area (Å²) in [5, 5.41) is 13.1. The molecule has 0 spiro atoms. The Morgan fingerprint density at radius 2 is 1.85 bits per heavy atom. The van der Waals surface area contributed by atoms with E-state index >= 15 is 0 Å². The van der Waals surface area contributed by atoms with E-state index in [0.717, 1.165) is 19.3 Å². The van der Waals surface area contributed by atoms with E-state index in [-0.39, 0.29) is 18.2 Å². The molecular weight excluding hydrogens is 256 g/mol. The second kappa shape index (κ2) is 6.57. The highest BCUT2D eigenvalue weighted by Crippen LogP contribution is 2.31. The van der Waals surface area contributed by atoms with Crippen molar-refractivity contribution in [3.8, 4) is 0 Å². The van der Waals surface area contributed by atoms with Crippen LogP contribution in [-0.4, -0.2) is 28.1 Å². The molecular formula is C15H28N2O3. The van der Waals surface area contributed by atoms with Crippen molar-refractivity contribution in [2.75, 3.05) is 0 Å². The standard InChI is InChI=1S/C15H28N2O3/c1-11(2)9-14(3,13(16)19)17-12(18)10-15(20)7-5-4-6-8-15/h11,20H,4-10H2,1-3H3,(H2,16,19)(H,17,18). The molecule has 1 saturated carbocycles. The van der Waals surface area contributed by atoms with E-state index in [4.69, 9.17) is 5.73 Å². The van der Waals surface area contributed by atoms with Gasteiger partial charge in [0, 0.05) is 0 Å². The molecule has 4 N–H and O–H groups in total. The second-order valence-electron chi connectivity index (χ2n) is 6.80. The number of primary amides is 1. The van der Waals surface area contributed by atoms with Gasteiger partial charge in [0.2, 0.25) is 11.8 Å². The van der Waals surface area contributed by atoms with Crippen LogP contribution in [0.25, 0.3) is 0 Å². The van der Waals surface area contributed by atoms with Gasteiger partial charge in [-0.1, -0.05) is 33.1 Å². The Kier molecular flexibility index (Phi) is 5.57. The number of carbonyl (C=O) groups excluding carboxylic acids is 2. The molecule has 0 aromatic carbocycles. The lowest BCUT2D eigenvalue weighted by Crippen LogP contribution is -2.57.